The third-order valence-electron chi connectivity index (χ3n) is 5.58. The molecule has 0 bridgehead atoms. The highest BCUT2D eigenvalue weighted by molar-refractivity contribution is 5.93. The predicted octanol–water partition coefficient (Wildman–Crippen LogP) is 3.45. The molecule has 1 unspecified atom stereocenters. The molecule has 1 amide bonds. The van der Waals surface area contributed by atoms with E-state index < -0.39 is 11.9 Å². The molecule has 1 fully saturated rings. The van der Waals surface area contributed by atoms with Gasteiger partial charge in [0.1, 0.15) is 11.4 Å². The van der Waals surface area contributed by atoms with Gasteiger partial charge in [0.05, 0.1) is 23.1 Å². The first-order valence-electron chi connectivity index (χ1n) is 9.76. The van der Waals surface area contributed by atoms with Crippen molar-refractivity contribution in [2.45, 2.75) is 43.9 Å². The van der Waals surface area contributed by atoms with Crippen LogP contribution in [0.1, 0.15) is 58.8 Å². The maximum absolute atomic E-state index is 13.0. The molecule has 1 saturated carbocycles. The largest absolute Gasteiger partial charge is 0.433 e. The Morgan fingerprint density at radius 3 is 2.70 bits per heavy atom. The lowest BCUT2D eigenvalue weighted by atomic mass is 10.1. The van der Waals surface area contributed by atoms with E-state index in [2.05, 4.69) is 20.5 Å². The third-order valence-corrected chi connectivity index (χ3v) is 5.58. The SMILES string of the molecule is Cn1nc(C2CC2)cc1C(=O)NC1CCn2nc(-c3ccnc(C(F)(F)F)c3)cc21. The Balaban J connectivity index is 1.37. The maximum Gasteiger partial charge on any atom is 0.433 e. The molecular formula is C20H19F3N6O. The zero-order valence-electron chi connectivity index (χ0n) is 16.1. The lowest BCUT2D eigenvalue weighted by Crippen LogP contribution is -2.28. The number of fused-ring (bicyclic) bond motifs is 1. The van der Waals surface area contributed by atoms with Gasteiger partial charge in [0.15, 0.2) is 0 Å². The Bertz CT molecular complexity index is 1130. The molecule has 7 nitrogen and oxygen atoms in total. The van der Waals surface area contributed by atoms with E-state index >= 15 is 0 Å². The Hall–Kier alpha value is -3.17. The summed E-state index contributed by atoms with van der Waals surface area (Å²) in [5, 5.41) is 11.9. The van der Waals surface area contributed by atoms with Gasteiger partial charge in [-0.1, -0.05) is 0 Å². The van der Waals surface area contributed by atoms with E-state index in [-0.39, 0.29) is 11.9 Å². The smallest absolute Gasteiger partial charge is 0.342 e. The molecule has 0 saturated heterocycles. The molecule has 3 aromatic rings. The highest BCUT2D eigenvalue weighted by Gasteiger charge is 2.33. The molecule has 0 aromatic carbocycles. The van der Waals surface area contributed by atoms with E-state index in [4.69, 9.17) is 0 Å². The van der Waals surface area contributed by atoms with Gasteiger partial charge in [-0.15, -0.1) is 0 Å². The summed E-state index contributed by atoms with van der Waals surface area (Å²) in [4.78, 5) is 16.2. The van der Waals surface area contributed by atoms with Gasteiger partial charge in [-0.05, 0) is 43.5 Å². The van der Waals surface area contributed by atoms with Crippen LogP contribution < -0.4 is 5.32 Å². The summed E-state index contributed by atoms with van der Waals surface area (Å²) in [5.41, 5.74) is 2.02. The van der Waals surface area contributed by atoms with Gasteiger partial charge in [0.25, 0.3) is 5.91 Å². The molecule has 5 rings (SSSR count). The van der Waals surface area contributed by atoms with Crippen molar-refractivity contribution < 1.29 is 18.0 Å². The second-order valence-corrected chi connectivity index (χ2v) is 7.77. The van der Waals surface area contributed by atoms with E-state index in [1.54, 1.807) is 22.5 Å². The number of nitrogens with zero attached hydrogens (tertiary/aromatic N) is 5. The molecule has 1 atom stereocenters. The number of alkyl halides is 3. The summed E-state index contributed by atoms with van der Waals surface area (Å²) in [5.74, 6) is 0.233. The van der Waals surface area contributed by atoms with Crippen molar-refractivity contribution in [3.63, 3.8) is 0 Å². The monoisotopic (exact) mass is 416 g/mol. The number of rotatable bonds is 4. The van der Waals surface area contributed by atoms with E-state index in [1.807, 2.05) is 6.07 Å². The first-order valence-corrected chi connectivity index (χ1v) is 9.76. The first kappa shape index (κ1) is 18.8. The topological polar surface area (TPSA) is 77.6 Å². The molecule has 0 radical (unpaired) electrons. The molecule has 3 aromatic heterocycles. The Morgan fingerprint density at radius 2 is 1.97 bits per heavy atom. The van der Waals surface area contributed by atoms with Gasteiger partial charge in [-0.3, -0.25) is 19.1 Å². The van der Waals surface area contributed by atoms with Crippen LogP contribution >= 0.6 is 0 Å². The van der Waals surface area contributed by atoms with Gasteiger partial charge in [0.2, 0.25) is 0 Å². The van der Waals surface area contributed by atoms with Crippen LogP contribution in [0.25, 0.3) is 11.3 Å². The van der Waals surface area contributed by atoms with Crippen LogP contribution in [0.5, 0.6) is 0 Å². The Morgan fingerprint density at radius 1 is 1.17 bits per heavy atom. The fourth-order valence-corrected chi connectivity index (χ4v) is 3.83. The average Bonchev–Trinajstić information content (AvgIpc) is 3.18. The van der Waals surface area contributed by atoms with Crippen LogP contribution in [0, 0.1) is 0 Å². The fraction of sp³-hybridized carbons (Fsp3) is 0.400. The number of aryl methyl sites for hydroxylation is 2. The van der Waals surface area contributed by atoms with Crippen LogP contribution in [-0.2, 0) is 19.8 Å². The number of hydrogen-bond acceptors (Lipinski definition) is 4. The number of carbonyl (C=O) groups excluding carboxylic acids is 1. The normalized spacial score (nSPS) is 18.5. The Kier molecular flexibility index (Phi) is 4.19. The molecule has 30 heavy (non-hydrogen) atoms. The van der Waals surface area contributed by atoms with Crippen molar-refractivity contribution in [2.24, 2.45) is 7.05 Å². The predicted molar refractivity (Wildman–Crippen MR) is 100 cm³/mol. The van der Waals surface area contributed by atoms with Crippen molar-refractivity contribution in [3.8, 4) is 11.3 Å². The molecule has 0 spiro atoms. The molecule has 1 aliphatic heterocycles. The number of amides is 1. The van der Waals surface area contributed by atoms with Crippen LogP contribution in [0.2, 0.25) is 0 Å². The molecule has 156 valence electrons. The summed E-state index contributed by atoms with van der Waals surface area (Å²) in [6, 6.07) is 5.78. The lowest BCUT2D eigenvalue weighted by molar-refractivity contribution is -0.141. The number of nitrogens with one attached hydrogen (secondary N) is 1. The van der Waals surface area contributed by atoms with Crippen LogP contribution in [-0.4, -0.2) is 30.5 Å². The highest BCUT2D eigenvalue weighted by Crippen LogP contribution is 2.39. The summed E-state index contributed by atoms with van der Waals surface area (Å²) in [6.07, 6.45) is -0.508. The number of aromatic nitrogens is 5. The Labute approximate surface area is 169 Å². The third kappa shape index (κ3) is 3.35. The van der Waals surface area contributed by atoms with Crippen molar-refractivity contribution >= 4 is 5.91 Å². The van der Waals surface area contributed by atoms with Crippen LogP contribution in [0.15, 0.2) is 30.5 Å². The number of carbonyl (C=O) groups is 1. The molecule has 4 heterocycles. The number of pyridine rings is 1. The van der Waals surface area contributed by atoms with E-state index in [0.717, 1.165) is 36.5 Å². The minimum atomic E-state index is -4.52. The quantitative estimate of drug-likeness (QED) is 0.707. The van der Waals surface area contributed by atoms with Crippen molar-refractivity contribution in [1.82, 2.24) is 29.9 Å². The van der Waals surface area contributed by atoms with Gasteiger partial charge in [-0.2, -0.15) is 23.4 Å². The minimum Gasteiger partial charge on any atom is -0.342 e. The second-order valence-electron chi connectivity index (χ2n) is 7.77. The molecule has 1 N–H and O–H groups in total. The van der Waals surface area contributed by atoms with Crippen LogP contribution in [0.4, 0.5) is 13.2 Å². The van der Waals surface area contributed by atoms with E-state index in [1.165, 1.54) is 6.07 Å². The van der Waals surface area contributed by atoms with Crippen molar-refractivity contribution in [2.75, 3.05) is 0 Å². The number of halogens is 3. The van der Waals surface area contributed by atoms with Gasteiger partial charge < -0.3 is 5.32 Å². The standard InChI is InChI=1S/C20H19F3N6O/c1-28-17(10-14(26-28)11-2-3-11)19(30)25-13-5-7-29-16(13)9-15(27-29)12-4-6-24-18(8-12)20(21,22)23/h4,6,8-11,13H,2-3,5,7H2,1H3,(H,25,30). The average molecular weight is 416 g/mol. The van der Waals surface area contributed by atoms with Gasteiger partial charge in [-0.25, -0.2) is 0 Å². The molecule has 2 aliphatic rings. The highest BCUT2D eigenvalue weighted by atomic mass is 19.4. The maximum atomic E-state index is 13.0. The molecule has 10 heteroatoms. The zero-order chi connectivity index (χ0) is 21.0. The first-order chi connectivity index (χ1) is 14.3. The van der Waals surface area contributed by atoms with Crippen molar-refractivity contribution in [3.05, 3.63) is 53.2 Å². The fourth-order valence-electron chi connectivity index (χ4n) is 3.83. The zero-order valence-corrected chi connectivity index (χ0v) is 16.1. The lowest BCUT2D eigenvalue weighted by Gasteiger charge is -2.11. The van der Waals surface area contributed by atoms with Gasteiger partial charge >= 0.3 is 6.18 Å². The van der Waals surface area contributed by atoms with E-state index in [0.29, 0.717) is 35.8 Å². The van der Waals surface area contributed by atoms with Crippen LogP contribution in [0.3, 0.4) is 0 Å². The molecular weight excluding hydrogens is 397 g/mol. The summed E-state index contributed by atoms with van der Waals surface area (Å²) in [6.45, 7) is 0.580. The molecule has 1 aliphatic carbocycles. The second kappa shape index (κ2) is 6.68. The van der Waals surface area contributed by atoms with E-state index in [9.17, 15) is 18.0 Å². The number of hydrogen-bond donors (Lipinski definition) is 1. The summed E-state index contributed by atoms with van der Waals surface area (Å²) < 4.78 is 42.2. The minimum absolute atomic E-state index is 0.221. The summed E-state index contributed by atoms with van der Waals surface area (Å²) >= 11 is 0. The summed E-state index contributed by atoms with van der Waals surface area (Å²) in [7, 11) is 1.75. The van der Waals surface area contributed by atoms with Crippen molar-refractivity contribution in [1.29, 1.82) is 0 Å². The van der Waals surface area contributed by atoms with Gasteiger partial charge in [0, 0.05) is 31.3 Å².